The lowest BCUT2D eigenvalue weighted by atomic mass is 10.1. The molecule has 0 radical (unpaired) electrons. The summed E-state index contributed by atoms with van der Waals surface area (Å²) in [4.78, 5) is 14.5. The van der Waals surface area contributed by atoms with E-state index < -0.39 is 0 Å². The van der Waals surface area contributed by atoms with E-state index in [1.165, 1.54) is 5.56 Å². The maximum Gasteiger partial charge on any atom is 0.355 e. The van der Waals surface area contributed by atoms with Crippen molar-refractivity contribution in [2.75, 3.05) is 6.61 Å². The van der Waals surface area contributed by atoms with Gasteiger partial charge in [-0.2, -0.15) is 0 Å². The van der Waals surface area contributed by atoms with Crippen LogP contribution in [0, 0.1) is 0 Å². The fourth-order valence-corrected chi connectivity index (χ4v) is 1.60. The molecule has 0 aliphatic carbocycles. The van der Waals surface area contributed by atoms with Gasteiger partial charge >= 0.3 is 5.97 Å². The van der Waals surface area contributed by atoms with E-state index in [0.29, 0.717) is 12.3 Å². The molecule has 14 heavy (non-hydrogen) atoms. The van der Waals surface area contributed by atoms with E-state index in [9.17, 15) is 4.79 Å². The Morgan fingerprint density at radius 2 is 2.07 bits per heavy atom. The van der Waals surface area contributed by atoms with E-state index in [1.807, 2.05) is 20.0 Å². The first-order valence-electron chi connectivity index (χ1n) is 5.10. The summed E-state index contributed by atoms with van der Waals surface area (Å²) < 4.78 is 4.96. The predicted octanol–water partition coefficient (Wildman–Crippen LogP) is 2.32. The van der Waals surface area contributed by atoms with Crippen LogP contribution in [-0.2, 0) is 17.6 Å². The van der Waals surface area contributed by atoms with E-state index in [0.717, 1.165) is 18.4 Å². The largest absolute Gasteiger partial charge is 0.461 e. The molecule has 0 unspecified atom stereocenters. The lowest BCUT2D eigenvalue weighted by Gasteiger charge is -2.03. The summed E-state index contributed by atoms with van der Waals surface area (Å²) >= 11 is 0. The van der Waals surface area contributed by atoms with E-state index in [-0.39, 0.29) is 5.97 Å². The summed E-state index contributed by atoms with van der Waals surface area (Å²) in [5.74, 6) is -0.246. The van der Waals surface area contributed by atoms with Crippen molar-refractivity contribution in [2.45, 2.75) is 33.6 Å². The molecule has 0 aliphatic heterocycles. The fourth-order valence-electron chi connectivity index (χ4n) is 1.60. The van der Waals surface area contributed by atoms with Gasteiger partial charge in [0.05, 0.1) is 6.61 Å². The van der Waals surface area contributed by atoms with Gasteiger partial charge in [-0.3, -0.25) is 0 Å². The number of aromatic amines is 1. The maximum absolute atomic E-state index is 11.5. The fraction of sp³-hybridized carbons (Fsp3) is 0.545. The SMILES string of the molecule is CCOC(=O)c1[nH]cc(CC)c1CC. The molecule has 0 amide bonds. The predicted molar refractivity (Wildman–Crippen MR) is 55.5 cm³/mol. The van der Waals surface area contributed by atoms with Crippen LogP contribution >= 0.6 is 0 Å². The minimum Gasteiger partial charge on any atom is -0.461 e. The molecule has 1 aromatic rings. The molecule has 0 aromatic carbocycles. The normalized spacial score (nSPS) is 10.2. The van der Waals surface area contributed by atoms with Gasteiger partial charge in [0.1, 0.15) is 5.69 Å². The number of aromatic nitrogens is 1. The van der Waals surface area contributed by atoms with Gasteiger partial charge in [0, 0.05) is 6.20 Å². The number of esters is 1. The first-order chi connectivity index (χ1) is 6.74. The smallest absolute Gasteiger partial charge is 0.355 e. The number of aryl methyl sites for hydroxylation is 1. The lowest BCUT2D eigenvalue weighted by Crippen LogP contribution is -2.07. The molecule has 1 aromatic heterocycles. The summed E-state index contributed by atoms with van der Waals surface area (Å²) in [7, 11) is 0. The van der Waals surface area contributed by atoms with Gasteiger partial charge in [-0.15, -0.1) is 0 Å². The highest BCUT2D eigenvalue weighted by Gasteiger charge is 2.15. The number of hydrogen-bond donors (Lipinski definition) is 1. The Morgan fingerprint density at radius 1 is 1.36 bits per heavy atom. The van der Waals surface area contributed by atoms with E-state index in [1.54, 1.807) is 0 Å². The molecular formula is C11H17NO2. The number of carbonyl (C=O) groups excluding carboxylic acids is 1. The van der Waals surface area contributed by atoms with Crippen LogP contribution in [0.15, 0.2) is 6.20 Å². The number of hydrogen-bond acceptors (Lipinski definition) is 2. The molecule has 78 valence electrons. The molecule has 0 fully saturated rings. The van der Waals surface area contributed by atoms with Crippen molar-refractivity contribution in [3.8, 4) is 0 Å². The Kier molecular flexibility index (Phi) is 3.74. The van der Waals surface area contributed by atoms with Crippen molar-refractivity contribution in [3.63, 3.8) is 0 Å². The zero-order chi connectivity index (χ0) is 10.6. The van der Waals surface area contributed by atoms with Gasteiger partial charge in [-0.25, -0.2) is 4.79 Å². The number of carbonyl (C=O) groups is 1. The molecule has 1 heterocycles. The Hall–Kier alpha value is -1.25. The van der Waals surface area contributed by atoms with Crippen molar-refractivity contribution in [1.29, 1.82) is 0 Å². The van der Waals surface area contributed by atoms with E-state index >= 15 is 0 Å². The molecule has 0 saturated heterocycles. The number of nitrogens with one attached hydrogen (secondary N) is 1. The highest BCUT2D eigenvalue weighted by molar-refractivity contribution is 5.89. The third-order valence-electron chi connectivity index (χ3n) is 2.29. The molecule has 1 N–H and O–H groups in total. The zero-order valence-electron chi connectivity index (χ0n) is 9.02. The third kappa shape index (κ3) is 1.97. The summed E-state index contributed by atoms with van der Waals surface area (Å²) in [6, 6.07) is 0. The van der Waals surface area contributed by atoms with Crippen LogP contribution in [0.5, 0.6) is 0 Å². The number of H-pyrrole nitrogens is 1. The summed E-state index contributed by atoms with van der Waals surface area (Å²) in [6.45, 7) is 6.36. The zero-order valence-corrected chi connectivity index (χ0v) is 9.02. The minimum absolute atomic E-state index is 0.246. The Bertz CT molecular complexity index is 315. The van der Waals surface area contributed by atoms with Crippen molar-refractivity contribution in [3.05, 3.63) is 23.0 Å². The van der Waals surface area contributed by atoms with Crippen LogP contribution < -0.4 is 0 Å². The number of ether oxygens (including phenoxy) is 1. The summed E-state index contributed by atoms with van der Waals surface area (Å²) in [5, 5.41) is 0. The molecule has 0 spiro atoms. The van der Waals surface area contributed by atoms with Crippen molar-refractivity contribution < 1.29 is 9.53 Å². The van der Waals surface area contributed by atoms with Gasteiger partial charge in [-0.1, -0.05) is 13.8 Å². The molecule has 3 heteroatoms. The van der Waals surface area contributed by atoms with Gasteiger partial charge in [-0.05, 0) is 30.9 Å². The van der Waals surface area contributed by atoms with Gasteiger partial charge < -0.3 is 9.72 Å². The molecule has 0 bridgehead atoms. The first-order valence-corrected chi connectivity index (χ1v) is 5.10. The minimum atomic E-state index is -0.246. The molecule has 1 rings (SSSR count). The highest BCUT2D eigenvalue weighted by atomic mass is 16.5. The van der Waals surface area contributed by atoms with Crippen LogP contribution in [0.4, 0.5) is 0 Å². The average Bonchev–Trinajstić information content (AvgIpc) is 2.60. The van der Waals surface area contributed by atoms with E-state index in [2.05, 4.69) is 11.9 Å². The Morgan fingerprint density at radius 3 is 2.57 bits per heavy atom. The molecule has 0 aliphatic rings. The highest BCUT2D eigenvalue weighted by Crippen LogP contribution is 2.16. The van der Waals surface area contributed by atoms with Crippen molar-refractivity contribution >= 4 is 5.97 Å². The Labute approximate surface area is 84.5 Å². The van der Waals surface area contributed by atoms with Crippen molar-refractivity contribution in [1.82, 2.24) is 4.98 Å². The molecular weight excluding hydrogens is 178 g/mol. The van der Waals surface area contributed by atoms with Crippen LogP contribution in [0.25, 0.3) is 0 Å². The van der Waals surface area contributed by atoms with Gasteiger partial charge in [0.25, 0.3) is 0 Å². The Balaban J connectivity index is 2.96. The number of rotatable bonds is 4. The van der Waals surface area contributed by atoms with Crippen LogP contribution in [0.3, 0.4) is 0 Å². The second kappa shape index (κ2) is 4.84. The van der Waals surface area contributed by atoms with Crippen LogP contribution in [0.2, 0.25) is 0 Å². The molecule has 0 atom stereocenters. The van der Waals surface area contributed by atoms with E-state index in [4.69, 9.17) is 4.74 Å². The van der Waals surface area contributed by atoms with Crippen molar-refractivity contribution in [2.24, 2.45) is 0 Å². The second-order valence-corrected chi connectivity index (χ2v) is 3.10. The molecule has 0 saturated carbocycles. The molecule has 3 nitrogen and oxygen atoms in total. The average molecular weight is 195 g/mol. The monoisotopic (exact) mass is 195 g/mol. The van der Waals surface area contributed by atoms with Gasteiger partial charge in [0.15, 0.2) is 0 Å². The maximum atomic E-state index is 11.5. The van der Waals surface area contributed by atoms with Gasteiger partial charge in [0.2, 0.25) is 0 Å². The van der Waals surface area contributed by atoms with Crippen LogP contribution in [0.1, 0.15) is 42.4 Å². The topological polar surface area (TPSA) is 42.1 Å². The standard InChI is InChI=1S/C11H17NO2/c1-4-8-7-12-10(9(8)5-2)11(13)14-6-3/h7,12H,4-6H2,1-3H3. The second-order valence-electron chi connectivity index (χ2n) is 3.10. The van der Waals surface area contributed by atoms with Crippen LogP contribution in [-0.4, -0.2) is 17.6 Å². The third-order valence-corrected chi connectivity index (χ3v) is 2.29. The summed E-state index contributed by atoms with van der Waals surface area (Å²) in [6.07, 6.45) is 3.70. The quantitative estimate of drug-likeness (QED) is 0.749. The lowest BCUT2D eigenvalue weighted by molar-refractivity contribution is 0.0519. The first kappa shape index (κ1) is 10.8. The summed E-state index contributed by atoms with van der Waals surface area (Å²) in [5.41, 5.74) is 2.91.